The number of furan rings is 1. The van der Waals surface area contributed by atoms with E-state index in [1.165, 1.54) is 12.7 Å². The Morgan fingerprint density at radius 3 is 3.00 bits per heavy atom. The van der Waals surface area contributed by atoms with Crippen molar-refractivity contribution >= 4 is 5.91 Å². The first kappa shape index (κ1) is 11.2. The summed E-state index contributed by atoms with van der Waals surface area (Å²) in [5, 5.41) is 0. The van der Waals surface area contributed by atoms with E-state index >= 15 is 0 Å². The van der Waals surface area contributed by atoms with Crippen LogP contribution in [0.15, 0.2) is 23.0 Å². The van der Waals surface area contributed by atoms with Gasteiger partial charge >= 0.3 is 0 Å². The zero-order valence-corrected chi connectivity index (χ0v) is 9.98. The third-order valence-electron chi connectivity index (χ3n) is 3.46. The molecule has 1 fully saturated rings. The van der Waals surface area contributed by atoms with Crippen LogP contribution >= 0.6 is 0 Å². The molecule has 2 heterocycles. The summed E-state index contributed by atoms with van der Waals surface area (Å²) < 4.78 is 4.95. The van der Waals surface area contributed by atoms with Crippen LogP contribution in [0.2, 0.25) is 0 Å². The predicted octanol–water partition coefficient (Wildman–Crippen LogP) is 2.79. The summed E-state index contributed by atoms with van der Waals surface area (Å²) in [6.45, 7) is 6.24. The van der Waals surface area contributed by atoms with Crippen LogP contribution in [0.3, 0.4) is 0 Å². The Balaban J connectivity index is 2.02. The normalized spacial score (nSPS) is 21.4. The Bertz CT molecular complexity index is 343. The fourth-order valence-electron chi connectivity index (χ4n) is 2.31. The van der Waals surface area contributed by atoms with Crippen LogP contribution in [0, 0.1) is 11.8 Å². The molecule has 3 nitrogen and oxygen atoms in total. The second-order valence-electron chi connectivity index (χ2n) is 4.91. The molecule has 3 heteroatoms. The second kappa shape index (κ2) is 4.73. The van der Waals surface area contributed by atoms with Crippen LogP contribution in [0.25, 0.3) is 0 Å². The van der Waals surface area contributed by atoms with Crippen molar-refractivity contribution in [1.29, 1.82) is 0 Å². The van der Waals surface area contributed by atoms with Crippen LogP contribution in [0.1, 0.15) is 37.0 Å². The van der Waals surface area contributed by atoms with Crippen molar-refractivity contribution in [3.63, 3.8) is 0 Å². The first-order chi connectivity index (χ1) is 7.68. The minimum absolute atomic E-state index is 0.110. The number of carbonyl (C=O) groups is 1. The number of amides is 1. The first-order valence-electron chi connectivity index (χ1n) is 6.00. The summed E-state index contributed by atoms with van der Waals surface area (Å²) in [6, 6.07) is 1.74. The Kier molecular flexibility index (Phi) is 3.32. The van der Waals surface area contributed by atoms with E-state index in [4.69, 9.17) is 4.42 Å². The lowest BCUT2D eigenvalue weighted by Crippen LogP contribution is -2.41. The van der Waals surface area contributed by atoms with Gasteiger partial charge in [-0.2, -0.15) is 0 Å². The van der Waals surface area contributed by atoms with Gasteiger partial charge in [0, 0.05) is 13.1 Å². The van der Waals surface area contributed by atoms with Crippen LogP contribution in [0.4, 0.5) is 0 Å². The van der Waals surface area contributed by atoms with Gasteiger partial charge in [-0.1, -0.05) is 13.8 Å². The Hall–Kier alpha value is -1.25. The number of rotatable bonds is 2. The van der Waals surface area contributed by atoms with Gasteiger partial charge in [-0.3, -0.25) is 4.79 Å². The summed E-state index contributed by atoms with van der Waals surface area (Å²) >= 11 is 0. The average molecular weight is 221 g/mol. The molecule has 1 aromatic rings. The number of piperidine rings is 1. The highest BCUT2D eigenvalue weighted by molar-refractivity contribution is 5.93. The highest BCUT2D eigenvalue weighted by Gasteiger charge is 2.26. The van der Waals surface area contributed by atoms with Gasteiger partial charge in [0.2, 0.25) is 0 Å². The molecular formula is C13H19NO2. The maximum absolute atomic E-state index is 12.1. The first-order valence-corrected chi connectivity index (χ1v) is 6.00. The van der Waals surface area contributed by atoms with Crippen molar-refractivity contribution in [1.82, 2.24) is 4.90 Å². The molecule has 88 valence electrons. The van der Waals surface area contributed by atoms with Gasteiger partial charge in [-0.15, -0.1) is 0 Å². The number of hydrogen-bond acceptors (Lipinski definition) is 2. The number of carbonyl (C=O) groups excluding carboxylic acids is 1. The van der Waals surface area contributed by atoms with E-state index in [0.29, 0.717) is 17.4 Å². The van der Waals surface area contributed by atoms with Crippen molar-refractivity contribution in [2.24, 2.45) is 11.8 Å². The fourth-order valence-corrected chi connectivity index (χ4v) is 2.31. The molecule has 0 bridgehead atoms. The molecule has 1 atom stereocenters. The minimum atomic E-state index is 0.110. The van der Waals surface area contributed by atoms with Gasteiger partial charge in [0.15, 0.2) is 0 Å². The molecule has 1 unspecified atom stereocenters. The van der Waals surface area contributed by atoms with Gasteiger partial charge < -0.3 is 9.32 Å². The van der Waals surface area contributed by atoms with Gasteiger partial charge in [-0.05, 0) is 30.7 Å². The van der Waals surface area contributed by atoms with E-state index in [-0.39, 0.29) is 5.91 Å². The molecular weight excluding hydrogens is 202 g/mol. The maximum Gasteiger partial charge on any atom is 0.257 e. The average Bonchev–Trinajstić information content (AvgIpc) is 2.81. The molecule has 0 aromatic carbocycles. The molecule has 0 N–H and O–H groups in total. The Morgan fingerprint density at radius 1 is 1.56 bits per heavy atom. The topological polar surface area (TPSA) is 33.5 Å². The lowest BCUT2D eigenvalue weighted by Gasteiger charge is -2.34. The van der Waals surface area contributed by atoms with E-state index in [2.05, 4.69) is 13.8 Å². The van der Waals surface area contributed by atoms with Crippen molar-refractivity contribution in [2.45, 2.75) is 26.7 Å². The van der Waals surface area contributed by atoms with E-state index in [0.717, 1.165) is 19.5 Å². The van der Waals surface area contributed by atoms with Crippen molar-refractivity contribution in [3.8, 4) is 0 Å². The smallest absolute Gasteiger partial charge is 0.257 e. The zero-order valence-electron chi connectivity index (χ0n) is 9.98. The van der Waals surface area contributed by atoms with Gasteiger partial charge in [0.1, 0.15) is 6.26 Å². The summed E-state index contributed by atoms with van der Waals surface area (Å²) in [6.07, 6.45) is 5.44. The van der Waals surface area contributed by atoms with E-state index < -0.39 is 0 Å². The highest BCUT2D eigenvalue weighted by Crippen LogP contribution is 2.24. The van der Waals surface area contributed by atoms with E-state index in [1.54, 1.807) is 12.3 Å². The van der Waals surface area contributed by atoms with Crippen molar-refractivity contribution in [2.75, 3.05) is 13.1 Å². The fraction of sp³-hybridized carbons (Fsp3) is 0.615. The van der Waals surface area contributed by atoms with Gasteiger partial charge in [0.05, 0.1) is 11.8 Å². The van der Waals surface area contributed by atoms with Crippen LogP contribution < -0.4 is 0 Å². The molecule has 1 aliphatic heterocycles. The molecule has 1 saturated heterocycles. The summed E-state index contributed by atoms with van der Waals surface area (Å²) in [5.74, 6) is 1.41. The molecule has 1 aromatic heterocycles. The molecule has 0 radical (unpaired) electrons. The number of nitrogens with zero attached hydrogens (tertiary/aromatic N) is 1. The Labute approximate surface area is 96.4 Å². The van der Waals surface area contributed by atoms with Crippen LogP contribution in [-0.2, 0) is 0 Å². The molecule has 1 aliphatic rings. The zero-order chi connectivity index (χ0) is 11.5. The molecule has 0 aliphatic carbocycles. The van der Waals surface area contributed by atoms with E-state index in [9.17, 15) is 4.79 Å². The number of likely N-dealkylation sites (tertiary alicyclic amines) is 1. The minimum Gasteiger partial charge on any atom is -0.472 e. The van der Waals surface area contributed by atoms with Crippen molar-refractivity contribution < 1.29 is 9.21 Å². The summed E-state index contributed by atoms with van der Waals surface area (Å²) in [4.78, 5) is 14.1. The standard InChI is InChI=1S/C13H19NO2/c1-10(2)11-4-3-6-14(8-11)13(15)12-5-7-16-9-12/h5,7,9-11H,3-4,6,8H2,1-2H3. The Morgan fingerprint density at radius 2 is 2.38 bits per heavy atom. The second-order valence-corrected chi connectivity index (χ2v) is 4.91. The molecule has 0 spiro atoms. The van der Waals surface area contributed by atoms with Crippen LogP contribution in [-0.4, -0.2) is 23.9 Å². The molecule has 1 amide bonds. The SMILES string of the molecule is CC(C)C1CCCN(C(=O)c2ccoc2)C1. The quantitative estimate of drug-likeness (QED) is 0.769. The van der Waals surface area contributed by atoms with Crippen molar-refractivity contribution in [3.05, 3.63) is 24.2 Å². The van der Waals surface area contributed by atoms with Crippen LogP contribution in [0.5, 0.6) is 0 Å². The maximum atomic E-state index is 12.1. The third-order valence-corrected chi connectivity index (χ3v) is 3.46. The van der Waals surface area contributed by atoms with Gasteiger partial charge in [0.25, 0.3) is 5.91 Å². The molecule has 16 heavy (non-hydrogen) atoms. The summed E-state index contributed by atoms with van der Waals surface area (Å²) in [7, 11) is 0. The third kappa shape index (κ3) is 2.29. The predicted molar refractivity (Wildman–Crippen MR) is 62.2 cm³/mol. The monoisotopic (exact) mass is 221 g/mol. The molecule has 2 rings (SSSR count). The lowest BCUT2D eigenvalue weighted by atomic mass is 9.88. The highest BCUT2D eigenvalue weighted by atomic mass is 16.3. The molecule has 0 saturated carbocycles. The number of hydrogen-bond donors (Lipinski definition) is 0. The van der Waals surface area contributed by atoms with Gasteiger partial charge in [-0.25, -0.2) is 0 Å². The van der Waals surface area contributed by atoms with E-state index in [1.807, 2.05) is 4.90 Å². The largest absolute Gasteiger partial charge is 0.472 e. The lowest BCUT2D eigenvalue weighted by molar-refractivity contribution is 0.0641. The summed E-state index contributed by atoms with van der Waals surface area (Å²) in [5.41, 5.74) is 0.671.